The first-order chi connectivity index (χ1) is 10.0. The number of carbonyl (C=O) groups is 1. The zero-order chi connectivity index (χ0) is 15.3. The van der Waals surface area contributed by atoms with Crippen LogP contribution < -0.4 is 5.32 Å². The Kier molecular flexibility index (Phi) is 5.71. The van der Waals surface area contributed by atoms with Gasteiger partial charge in [-0.15, -0.1) is 0 Å². The van der Waals surface area contributed by atoms with E-state index < -0.39 is 5.60 Å². The summed E-state index contributed by atoms with van der Waals surface area (Å²) in [5.74, 6) is 1.07. The van der Waals surface area contributed by atoms with Crippen molar-refractivity contribution in [3.8, 4) is 0 Å². The molecule has 1 amide bonds. The molecule has 1 fully saturated rings. The van der Waals surface area contributed by atoms with E-state index in [0.717, 1.165) is 24.2 Å². The van der Waals surface area contributed by atoms with Crippen molar-refractivity contribution in [2.45, 2.75) is 56.4 Å². The predicted molar refractivity (Wildman–Crippen MR) is 88.3 cm³/mol. The Morgan fingerprint density at radius 3 is 2.76 bits per heavy atom. The summed E-state index contributed by atoms with van der Waals surface area (Å²) in [7, 11) is 0. The minimum absolute atomic E-state index is 0.0593. The topological polar surface area (TPSA) is 49.3 Å². The molecule has 1 saturated carbocycles. The van der Waals surface area contributed by atoms with Crippen molar-refractivity contribution in [2.75, 3.05) is 5.75 Å². The second-order valence-corrected chi connectivity index (χ2v) is 7.55. The first-order valence-electron chi connectivity index (χ1n) is 7.70. The van der Waals surface area contributed by atoms with Crippen LogP contribution in [-0.4, -0.2) is 28.1 Å². The SMILES string of the molecule is CCS[C@@H]1CC[C@H](NC(=O)C[C@@](C)(O)c2ccccc2)C1. The second kappa shape index (κ2) is 7.32. The third-order valence-electron chi connectivity index (χ3n) is 4.05. The van der Waals surface area contributed by atoms with Crippen molar-refractivity contribution < 1.29 is 9.90 Å². The Labute approximate surface area is 131 Å². The van der Waals surface area contributed by atoms with Gasteiger partial charge in [-0.05, 0) is 37.5 Å². The molecule has 0 aromatic heterocycles. The highest BCUT2D eigenvalue weighted by Crippen LogP contribution is 2.30. The molecule has 0 spiro atoms. The molecule has 1 aromatic rings. The highest BCUT2D eigenvalue weighted by atomic mass is 32.2. The standard InChI is InChI=1S/C17H25NO2S/c1-3-21-15-10-9-14(11-15)18-16(19)12-17(2,20)13-7-5-4-6-8-13/h4-8,14-15,20H,3,9-12H2,1-2H3,(H,18,19)/t14-,15+,17+/m0/s1. The molecule has 21 heavy (non-hydrogen) atoms. The van der Waals surface area contributed by atoms with Gasteiger partial charge in [0.05, 0.1) is 12.0 Å². The van der Waals surface area contributed by atoms with Crippen LogP contribution in [0, 0.1) is 0 Å². The molecule has 0 bridgehead atoms. The monoisotopic (exact) mass is 307 g/mol. The first kappa shape index (κ1) is 16.4. The fourth-order valence-corrected chi connectivity index (χ4v) is 4.09. The quantitative estimate of drug-likeness (QED) is 0.849. The molecule has 2 rings (SSSR count). The lowest BCUT2D eigenvalue weighted by Gasteiger charge is -2.24. The minimum atomic E-state index is -1.11. The van der Waals surface area contributed by atoms with E-state index in [0.29, 0.717) is 5.25 Å². The van der Waals surface area contributed by atoms with Crippen LogP contribution in [-0.2, 0) is 10.4 Å². The molecule has 1 aliphatic rings. The van der Waals surface area contributed by atoms with Gasteiger partial charge in [0.1, 0.15) is 0 Å². The van der Waals surface area contributed by atoms with Crippen LogP contribution in [0.3, 0.4) is 0 Å². The summed E-state index contributed by atoms with van der Waals surface area (Å²) >= 11 is 1.98. The number of amides is 1. The predicted octanol–water partition coefficient (Wildman–Crippen LogP) is 3.07. The average molecular weight is 307 g/mol. The fraction of sp³-hybridized carbons (Fsp3) is 0.588. The summed E-state index contributed by atoms with van der Waals surface area (Å²) in [6.45, 7) is 3.87. The number of carbonyl (C=O) groups excluding carboxylic acids is 1. The fourth-order valence-electron chi connectivity index (χ4n) is 2.95. The molecule has 2 N–H and O–H groups in total. The number of aliphatic hydroxyl groups is 1. The van der Waals surface area contributed by atoms with Crippen molar-refractivity contribution >= 4 is 17.7 Å². The van der Waals surface area contributed by atoms with Gasteiger partial charge in [0.2, 0.25) is 5.91 Å². The number of hydrogen-bond donors (Lipinski definition) is 2. The summed E-state index contributed by atoms with van der Waals surface area (Å²) in [5.41, 5.74) is -0.326. The zero-order valence-corrected chi connectivity index (χ0v) is 13.7. The van der Waals surface area contributed by atoms with E-state index in [4.69, 9.17) is 0 Å². The Bertz CT molecular complexity index is 461. The molecule has 1 aromatic carbocycles. The van der Waals surface area contributed by atoms with E-state index in [1.165, 1.54) is 6.42 Å². The number of benzene rings is 1. The first-order valence-corrected chi connectivity index (χ1v) is 8.75. The van der Waals surface area contributed by atoms with E-state index in [2.05, 4.69) is 12.2 Å². The molecule has 116 valence electrons. The largest absolute Gasteiger partial charge is 0.385 e. The van der Waals surface area contributed by atoms with Crippen LogP contribution in [0.1, 0.15) is 45.1 Å². The summed E-state index contributed by atoms with van der Waals surface area (Å²) < 4.78 is 0. The van der Waals surface area contributed by atoms with Crippen LogP contribution >= 0.6 is 11.8 Å². The van der Waals surface area contributed by atoms with Crippen molar-refractivity contribution in [3.05, 3.63) is 35.9 Å². The van der Waals surface area contributed by atoms with Crippen molar-refractivity contribution in [2.24, 2.45) is 0 Å². The molecule has 0 radical (unpaired) electrons. The Balaban J connectivity index is 1.85. The average Bonchev–Trinajstić information content (AvgIpc) is 2.87. The van der Waals surface area contributed by atoms with Gasteiger partial charge in [-0.3, -0.25) is 4.79 Å². The normalized spacial score (nSPS) is 24.5. The number of hydrogen-bond acceptors (Lipinski definition) is 3. The summed E-state index contributed by atoms with van der Waals surface area (Å²) in [5, 5.41) is 14.3. The van der Waals surface area contributed by atoms with Crippen molar-refractivity contribution in [3.63, 3.8) is 0 Å². The molecule has 3 atom stereocenters. The summed E-state index contributed by atoms with van der Waals surface area (Å²) in [4.78, 5) is 12.2. The van der Waals surface area contributed by atoms with Crippen LogP contribution in [0.25, 0.3) is 0 Å². The summed E-state index contributed by atoms with van der Waals surface area (Å²) in [6.07, 6.45) is 3.40. The van der Waals surface area contributed by atoms with Gasteiger partial charge in [-0.1, -0.05) is 37.3 Å². The molecule has 4 heteroatoms. The van der Waals surface area contributed by atoms with E-state index in [1.54, 1.807) is 6.92 Å². The third-order valence-corrected chi connectivity index (χ3v) is 5.29. The summed E-state index contributed by atoms with van der Waals surface area (Å²) in [6, 6.07) is 9.65. The van der Waals surface area contributed by atoms with Gasteiger partial charge >= 0.3 is 0 Å². The molecule has 0 unspecified atom stereocenters. The molecule has 3 nitrogen and oxygen atoms in total. The van der Waals surface area contributed by atoms with Crippen LogP contribution in [0.2, 0.25) is 0 Å². The van der Waals surface area contributed by atoms with Gasteiger partial charge < -0.3 is 10.4 Å². The molecular formula is C17H25NO2S. The highest BCUT2D eigenvalue weighted by molar-refractivity contribution is 7.99. The lowest BCUT2D eigenvalue weighted by molar-refractivity contribution is -0.126. The van der Waals surface area contributed by atoms with Gasteiger partial charge in [0.25, 0.3) is 0 Å². The number of nitrogens with one attached hydrogen (secondary N) is 1. The second-order valence-electron chi connectivity index (χ2n) is 5.97. The molecule has 0 aliphatic heterocycles. The molecular weight excluding hydrogens is 282 g/mol. The third kappa shape index (κ3) is 4.75. The Morgan fingerprint density at radius 1 is 1.38 bits per heavy atom. The maximum Gasteiger partial charge on any atom is 0.223 e. The minimum Gasteiger partial charge on any atom is -0.385 e. The molecule has 1 aliphatic carbocycles. The Hall–Kier alpha value is -1.00. The lowest BCUT2D eigenvalue weighted by Crippen LogP contribution is -2.37. The van der Waals surface area contributed by atoms with Crippen molar-refractivity contribution in [1.82, 2.24) is 5.32 Å². The van der Waals surface area contributed by atoms with Gasteiger partial charge in [0, 0.05) is 11.3 Å². The van der Waals surface area contributed by atoms with Crippen LogP contribution in [0.4, 0.5) is 0 Å². The van der Waals surface area contributed by atoms with Crippen molar-refractivity contribution in [1.29, 1.82) is 0 Å². The zero-order valence-electron chi connectivity index (χ0n) is 12.8. The Morgan fingerprint density at radius 2 is 2.10 bits per heavy atom. The van der Waals surface area contributed by atoms with Crippen LogP contribution in [0.5, 0.6) is 0 Å². The van der Waals surface area contributed by atoms with Crippen LogP contribution in [0.15, 0.2) is 30.3 Å². The van der Waals surface area contributed by atoms with Gasteiger partial charge in [0.15, 0.2) is 0 Å². The van der Waals surface area contributed by atoms with Gasteiger partial charge in [-0.2, -0.15) is 11.8 Å². The lowest BCUT2D eigenvalue weighted by atomic mass is 9.92. The van der Waals surface area contributed by atoms with Gasteiger partial charge in [-0.25, -0.2) is 0 Å². The van der Waals surface area contributed by atoms with E-state index in [1.807, 2.05) is 42.1 Å². The number of rotatable bonds is 6. The van der Waals surface area contributed by atoms with E-state index in [9.17, 15) is 9.90 Å². The maximum atomic E-state index is 12.2. The number of thioether (sulfide) groups is 1. The molecule has 0 heterocycles. The molecule has 0 saturated heterocycles. The smallest absolute Gasteiger partial charge is 0.223 e. The van der Waals surface area contributed by atoms with E-state index >= 15 is 0 Å². The maximum absolute atomic E-state index is 12.2. The highest BCUT2D eigenvalue weighted by Gasteiger charge is 2.30. The van der Waals surface area contributed by atoms with E-state index in [-0.39, 0.29) is 18.4 Å².